The van der Waals surface area contributed by atoms with Gasteiger partial charge >= 0.3 is 11.7 Å². The van der Waals surface area contributed by atoms with Crippen molar-refractivity contribution in [1.82, 2.24) is 5.48 Å². The van der Waals surface area contributed by atoms with E-state index < -0.39 is 41.7 Å². The number of carbonyl (C=O) groups excluding carboxylic acids is 1. The van der Waals surface area contributed by atoms with Gasteiger partial charge in [0.05, 0.1) is 16.7 Å². The van der Waals surface area contributed by atoms with Crippen molar-refractivity contribution in [2.75, 3.05) is 13.7 Å². The highest BCUT2D eigenvalue weighted by Crippen LogP contribution is 2.40. The van der Waals surface area contributed by atoms with Crippen LogP contribution in [0.3, 0.4) is 0 Å². The predicted octanol–water partition coefficient (Wildman–Crippen LogP) is 3.13. The Bertz CT molecular complexity index is 1330. The second-order valence-corrected chi connectivity index (χ2v) is 9.27. The number of aliphatic hydroxyl groups is 1. The number of amides is 1. The molecular weight excluding hydrogens is 512 g/mol. The largest absolute Gasteiger partial charge is 0.506 e. The van der Waals surface area contributed by atoms with Crippen molar-refractivity contribution in [3.8, 4) is 23.8 Å². The number of fused-ring (bicyclic) bond motifs is 1. The fraction of sp³-hybridized carbons (Fsp3) is 0.519. The molecule has 12 nitrogen and oxygen atoms in total. The van der Waals surface area contributed by atoms with Crippen molar-refractivity contribution in [2.24, 2.45) is 11.1 Å². The number of terminal acetylenes is 1. The maximum absolute atomic E-state index is 12.8. The van der Waals surface area contributed by atoms with Crippen LogP contribution in [0, 0.1) is 25.2 Å². The van der Waals surface area contributed by atoms with Gasteiger partial charge in [0.25, 0.3) is 0 Å². The summed E-state index contributed by atoms with van der Waals surface area (Å²) in [6.07, 6.45) is 1.33. The fourth-order valence-corrected chi connectivity index (χ4v) is 4.47. The Morgan fingerprint density at radius 3 is 2.67 bits per heavy atom. The summed E-state index contributed by atoms with van der Waals surface area (Å²) >= 11 is 0. The van der Waals surface area contributed by atoms with Crippen molar-refractivity contribution in [3.05, 3.63) is 33.7 Å². The molecule has 1 saturated heterocycles. The zero-order valence-corrected chi connectivity index (χ0v) is 22.8. The van der Waals surface area contributed by atoms with E-state index in [0.29, 0.717) is 18.4 Å². The predicted molar refractivity (Wildman–Crippen MR) is 140 cm³/mol. The minimum Gasteiger partial charge on any atom is -0.506 e. The third-order valence-electron chi connectivity index (χ3n) is 7.03. The number of nitrogens with one attached hydrogen (secondary N) is 1. The molecule has 1 amide bonds. The maximum Gasteiger partial charge on any atom is 0.431 e. The first-order valence-electron chi connectivity index (χ1n) is 12.5. The molecule has 12 heteroatoms. The van der Waals surface area contributed by atoms with Crippen LogP contribution in [0.1, 0.15) is 51.7 Å². The molecule has 0 aliphatic carbocycles. The fourth-order valence-electron chi connectivity index (χ4n) is 4.47. The van der Waals surface area contributed by atoms with Crippen molar-refractivity contribution in [1.29, 1.82) is 0 Å². The molecule has 2 heterocycles. The molecule has 3 rings (SSSR count). The second-order valence-electron chi connectivity index (χ2n) is 9.27. The molecule has 212 valence electrons. The van der Waals surface area contributed by atoms with Gasteiger partial charge in [-0.1, -0.05) is 31.8 Å². The maximum atomic E-state index is 12.8. The number of hydrogen-bond donors (Lipinski definition) is 3. The summed E-state index contributed by atoms with van der Waals surface area (Å²) in [6, 6.07) is 3.06. The van der Waals surface area contributed by atoms with Crippen LogP contribution in [0.2, 0.25) is 0 Å². The molecule has 1 fully saturated rings. The van der Waals surface area contributed by atoms with Gasteiger partial charge in [-0.3, -0.25) is 4.84 Å². The highest BCUT2D eigenvalue weighted by molar-refractivity contribution is 6.06. The third-order valence-corrected chi connectivity index (χ3v) is 7.03. The van der Waals surface area contributed by atoms with Gasteiger partial charge in [-0.05, 0) is 38.8 Å². The van der Waals surface area contributed by atoms with Gasteiger partial charge in [0.1, 0.15) is 42.5 Å². The van der Waals surface area contributed by atoms with E-state index in [1.165, 1.54) is 13.2 Å². The van der Waals surface area contributed by atoms with Gasteiger partial charge in [-0.25, -0.2) is 9.59 Å². The quantitative estimate of drug-likeness (QED) is 0.140. The summed E-state index contributed by atoms with van der Waals surface area (Å²) in [5, 5.41) is 26.1. The van der Waals surface area contributed by atoms with Crippen LogP contribution in [0.15, 0.2) is 26.5 Å². The molecule has 0 spiro atoms. The molecule has 5 atom stereocenters. The number of ether oxygens (including phenoxy) is 3. The van der Waals surface area contributed by atoms with Crippen molar-refractivity contribution >= 4 is 22.8 Å². The standard InChI is InChI=1S/C27H34N2O10/c1-8-13-35-29-26(33)38-23-15(5)27(6,10-3)39-25(21(23)31)36-18-12-11-16-20(30)19(17(9-2)28-34-7)24(32)37-22(16)14(18)4/h1,11-12,15,21,23,25,30-31H,9-10,13H2,2-7H3,(H,29,33)/b28-17-/t15-,21-,23-,25?,27+/m1/s1. The van der Waals surface area contributed by atoms with Crippen molar-refractivity contribution in [2.45, 2.75) is 71.6 Å². The van der Waals surface area contributed by atoms with Crippen molar-refractivity contribution < 1.29 is 43.3 Å². The number of aryl methyl sites for hydroxylation is 1. The van der Waals surface area contributed by atoms with Gasteiger partial charge in [0.15, 0.2) is 6.10 Å². The van der Waals surface area contributed by atoms with Crippen LogP contribution in [0.5, 0.6) is 11.5 Å². The summed E-state index contributed by atoms with van der Waals surface area (Å²) < 4.78 is 23.2. The minimum atomic E-state index is -1.40. The van der Waals surface area contributed by atoms with Gasteiger partial charge < -0.3 is 33.7 Å². The Morgan fingerprint density at radius 1 is 1.33 bits per heavy atom. The Balaban J connectivity index is 1.96. The van der Waals surface area contributed by atoms with E-state index in [1.807, 2.05) is 13.8 Å². The number of hydrogen-bond acceptors (Lipinski definition) is 11. The smallest absolute Gasteiger partial charge is 0.431 e. The molecule has 2 aromatic rings. The zero-order chi connectivity index (χ0) is 28.9. The summed E-state index contributed by atoms with van der Waals surface area (Å²) in [7, 11) is 1.34. The van der Waals surface area contributed by atoms with E-state index in [9.17, 15) is 19.8 Å². The Hall–Kier alpha value is -3.79. The average molecular weight is 547 g/mol. The van der Waals surface area contributed by atoms with Gasteiger partial charge in [0, 0.05) is 11.5 Å². The van der Waals surface area contributed by atoms with E-state index in [1.54, 1.807) is 26.8 Å². The number of carbonyl (C=O) groups is 1. The molecule has 1 unspecified atom stereocenters. The molecule has 1 aliphatic heterocycles. The highest BCUT2D eigenvalue weighted by Gasteiger charge is 2.52. The normalized spacial score (nSPS) is 25.1. The monoisotopic (exact) mass is 546 g/mol. The third kappa shape index (κ3) is 5.95. The van der Waals surface area contributed by atoms with E-state index in [4.69, 9.17) is 34.7 Å². The summed E-state index contributed by atoms with van der Waals surface area (Å²) in [4.78, 5) is 34.6. The lowest BCUT2D eigenvalue weighted by molar-refractivity contribution is -0.290. The van der Waals surface area contributed by atoms with Gasteiger partial charge in [0.2, 0.25) is 6.29 Å². The summed E-state index contributed by atoms with van der Waals surface area (Å²) in [6.45, 7) is 8.73. The molecule has 1 aromatic carbocycles. The van der Waals surface area contributed by atoms with Crippen LogP contribution < -0.4 is 15.8 Å². The van der Waals surface area contributed by atoms with Crippen LogP contribution in [0.25, 0.3) is 11.0 Å². The number of nitrogens with zero attached hydrogens (tertiary/aromatic N) is 1. The molecule has 1 aromatic heterocycles. The number of aromatic hydroxyl groups is 1. The van der Waals surface area contributed by atoms with Crippen LogP contribution in [-0.2, 0) is 19.1 Å². The summed E-state index contributed by atoms with van der Waals surface area (Å²) in [5.41, 5.74) is 1.03. The van der Waals surface area contributed by atoms with E-state index in [-0.39, 0.29) is 40.4 Å². The van der Waals surface area contributed by atoms with Crippen LogP contribution in [0.4, 0.5) is 4.79 Å². The molecule has 0 saturated carbocycles. The lowest BCUT2D eigenvalue weighted by Gasteiger charge is -2.48. The molecule has 39 heavy (non-hydrogen) atoms. The summed E-state index contributed by atoms with van der Waals surface area (Å²) in [5.74, 6) is 1.69. The number of hydroxylamine groups is 1. The number of oxime groups is 1. The molecule has 0 radical (unpaired) electrons. The lowest BCUT2D eigenvalue weighted by atomic mass is 9.79. The number of aliphatic hydroxyl groups excluding tert-OH is 1. The lowest BCUT2D eigenvalue weighted by Crippen LogP contribution is -2.62. The Labute approximate surface area is 225 Å². The first-order chi connectivity index (χ1) is 18.5. The molecular formula is C27H34N2O10. The Kier molecular flexibility index (Phi) is 9.45. The molecule has 0 bridgehead atoms. The number of benzene rings is 1. The first-order valence-corrected chi connectivity index (χ1v) is 12.5. The second kappa shape index (κ2) is 12.4. The SMILES string of the molecule is C#CCONC(=O)O[C@@H]1[C@@H](C)[C@](C)(CC)OC(Oc2ccc3c(O)c(/C(CC)=N\OC)c(=O)oc3c2C)[C@@H]1O. The van der Waals surface area contributed by atoms with Gasteiger partial charge in [-0.15, -0.1) is 6.42 Å². The van der Waals surface area contributed by atoms with Gasteiger partial charge in [-0.2, -0.15) is 5.48 Å². The molecule has 1 aliphatic rings. The topological polar surface area (TPSA) is 158 Å². The first kappa shape index (κ1) is 29.8. The highest BCUT2D eigenvalue weighted by atomic mass is 16.7. The van der Waals surface area contributed by atoms with Crippen LogP contribution >= 0.6 is 0 Å². The Morgan fingerprint density at radius 2 is 2.05 bits per heavy atom. The van der Waals surface area contributed by atoms with E-state index in [2.05, 4.69) is 16.6 Å². The minimum absolute atomic E-state index is 0.0846. The molecule has 3 N–H and O–H groups in total. The zero-order valence-electron chi connectivity index (χ0n) is 22.8. The van der Waals surface area contributed by atoms with Crippen LogP contribution in [-0.4, -0.2) is 59.8 Å². The van der Waals surface area contributed by atoms with Crippen molar-refractivity contribution in [3.63, 3.8) is 0 Å². The average Bonchev–Trinajstić information content (AvgIpc) is 2.91. The van der Waals surface area contributed by atoms with E-state index in [0.717, 1.165) is 0 Å². The number of rotatable bonds is 9. The van der Waals surface area contributed by atoms with E-state index >= 15 is 0 Å².